The lowest BCUT2D eigenvalue weighted by atomic mass is 9.83. The van der Waals surface area contributed by atoms with Gasteiger partial charge in [-0.1, -0.05) is 13.8 Å². The largest absolute Gasteiger partial charge is 0.488 e. The normalized spacial score (nSPS) is 29.4. The number of hydrogen-bond donors (Lipinski definition) is 0. The van der Waals surface area contributed by atoms with Crippen molar-refractivity contribution >= 4 is 0 Å². The summed E-state index contributed by atoms with van der Waals surface area (Å²) in [6.07, 6.45) is 0.468. The Kier molecular flexibility index (Phi) is 8.83. The minimum atomic E-state index is -5.79. The van der Waals surface area contributed by atoms with Crippen LogP contribution in [0, 0.1) is 11.8 Å². The maximum absolute atomic E-state index is 14.2. The summed E-state index contributed by atoms with van der Waals surface area (Å²) in [6, 6.07) is 0. The van der Waals surface area contributed by atoms with Crippen LogP contribution in [0.2, 0.25) is 0 Å². The van der Waals surface area contributed by atoms with Crippen molar-refractivity contribution < 1.29 is 71.6 Å². The highest BCUT2D eigenvalue weighted by Crippen LogP contribution is 2.61. The lowest BCUT2D eigenvalue weighted by Gasteiger charge is -2.30. The van der Waals surface area contributed by atoms with E-state index < -0.39 is 96.8 Å². The zero-order valence-electron chi connectivity index (χ0n) is 21.4. The highest BCUT2D eigenvalue weighted by molar-refractivity contribution is 5.35. The molecule has 0 atom stereocenters. The van der Waals surface area contributed by atoms with Crippen LogP contribution in [0.1, 0.15) is 52.4 Å². The predicted molar refractivity (Wildman–Crippen MR) is 114 cm³/mol. The van der Waals surface area contributed by atoms with Gasteiger partial charge in [-0.15, -0.1) is 0 Å². The molecule has 3 aliphatic carbocycles. The Bertz CT molecular complexity index is 906. The van der Waals surface area contributed by atoms with Crippen molar-refractivity contribution in [2.75, 3.05) is 26.4 Å². The van der Waals surface area contributed by atoms with Crippen LogP contribution in [0.5, 0.6) is 0 Å². The average Bonchev–Trinajstić information content (AvgIpc) is 3.03. The third kappa shape index (κ3) is 4.94. The molecule has 16 heteroatoms. The summed E-state index contributed by atoms with van der Waals surface area (Å²) in [6.45, 7) is 0.419. The van der Waals surface area contributed by atoms with E-state index in [0.717, 1.165) is 0 Å². The second-order valence-electron chi connectivity index (χ2n) is 9.97. The molecular weight excluding hydrogens is 580 g/mol. The van der Waals surface area contributed by atoms with Crippen LogP contribution in [-0.2, 0) is 18.9 Å². The SMILES string of the molecule is CCCOC1=C(OCC2CCC(COC3=C(OCCC)C(F)(F)C(F)(F)C3(F)F)CC2)C(F)(F)C(F)(F)C1(F)F. The van der Waals surface area contributed by atoms with Gasteiger partial charge in [-0.25, -0.2) is 0 Å². The summed E-state index contributed by atoms with van der Waals surface area (Å²) in [4.78, 5) is 0. The molecular formula is C24H28F12O4. The molecule has 0 bridgehead atoms. The van der Waals surface area contributed by atoms with E-state index in [0.29, 0.717) is 0 Å². The standard InChI is InChI=1S/C24H28F12O4/c1-3-9-37-15-17(21(29,30)23(33,34)19(15,25)26)39-11-13-5-7-14(8-6-13)12-40-18-16(38-10-4-2)20(27,28)24(35,36)22(18,31)32/h13-14H,3-12H2,1-2H3. The fourth-order valence-electron chi connectivity index (χ4n) is 4.54. The van der Waals surface area contributed by atoms with Crippen molar-refractivity contribution in [1.82, 2.24) is 0 Å². The van der Waals surface area contributed by atoms with Gasteiger partial charge >= 0.3 is 35.5 Å². The predicted octanol–water partition coefficient (Wildman–Crippen LogP) is 7.94. The Balaban J connectivity index is 1.64. The van der Waals surface area contributed by atoms with Gasteiger partial charge in [0.2, 0.25) is 23.0 Å². The second-order valence-corrected chi connectivity index (χ2v) is 9.97. The summed E-state index contributed by atoms with van der Waals surface area (Å²) >= 11 is 0. The number of alkyl halides is 12. The van der Waals surface area contributed by atoms with Crippen LogP contribution in [0.15, 0.2) is 23.0 Å². The van der Waals surface area contributed by atoms with Gasteiger partial charge in [-0.2, -0.15) is 52.7 Å². The maximum Gasteiger partial charge on any atom is 0.387 e. The summed E-state index contributed by atoms with van der Waals surface area (Å²) in [5.41, 5.74) is 0. The number of rotatable bonds is 12. The monoisotopic (exact) mass is 608 g/mol. The number of halogens is 12. The van der Waals surface area contributed by atoms with E-state index in [9.17, 15) is 52.7 Å². The molecule has 0 saturated heterocycles. The Morgan fingerprint density at radius 1 is 0.475 bits per heavy atom. The first-order valence-corrected chi connectivity index (χ1v) is 12.6. The third-order valence-electron chi connectivity index (χ3n) is 6.92. The van der Waals surface area contributed by atoms with Crippen LogP contribution in [0.25, 0.3) is 0 Å². The van der Waals surface area contributed by atoms with Gasteiger partial charge < -0.3 is 18.9 Å². The summed E-state index contributed by atoms with van der Waals surface area (Å²) in [5, 5.41) is 0. The Morgan fingerprint density at radius 3 is 0.975 bits per heavy atom. The first-order chi connectivity index (χ1) is 18.3. The number of allylic oxidation sites excluding steroid dienone is 4. The number of ether oxygens (including phenoxy) is 4. The summed E-state index contributed by atoms with van der Waals surface area (Å²) in [5.74, 6) is -42.0. The van der Waals surface area contributed by atoms with Gasteiger partial charge in [-0.3, -0.25) is 0 Å². The van der Waals surface area contributed by atoms with Crippen LogP contribution in [-0.4, -0.2) is 62.0 Å². The zero-order chi connectivity index (χ0) is 30.4. The van der Waals surface area contributed by atoms with Gasteiger partial charge in [0.25, 0.3) is 0 Å². The molecule has 0 aliphatic heterocycles. The molecule has 0 aromatic rings. The molecule has 0 aromatic heterocycles. The van der Waals surface area contributed by atoms with Crippen molar-refractivity contribution in [2.45, 2.75) is 87.9 Å². The molecule has 40 heavy (non-hydrogen) atoms. The van der Waals surface area contributed by atoms with Gasteiger partial charge in [0.1, 0.15) is 0 Å². The molecule has 1 saturated carbocycles. The molecule has 3 aliphatic rings. The molecule has 0 aromatic carbocycles. The molecule has 0 radical (unpaired) electrons. The maximum atomic E-state index is 14.2. The van der Waals surface area contributed by atoms with E-state index in [-0.39, 0.29) is 38.5 Å². The highest BCUT2D eigenvalue weighted by atomic mass is 19.4. The molecule has 0 heterocycles. The minimum absolute atomic E-state index is 0.0560. The highest BCUT2D eigenvalue weighted by Gasteiger charge is 2.84. The van der Waals surface area contributed by atoms with Crippen molar-refractivity contribution in [2.24, 2.45) is 11.8 Å². The Hall–Kier alpha value is -2.16. The first kappa shape index (κ1) is 32.4. The fourth-order valence-corrected chi connectivity index (χ4v) is 4.54. The lowest BCUT2D eigenvalue weighted by Crippen LogP contribution is -2.49. The van der Waals surface area contributed by atoms with E-state index in [1.54, 1.807) is 0 Å². The molecule has 4 nitrogen and oxygen atoms in total. The molecule has 0 amide bonds. The van der Waals surface area contributed by atoms with Crippen LogP contribution >= 0.6 is 0 Å². The van der Waals surface area contributed by atoms with Crippen molar-refractivity contribution in [3.05, 3.63) is 23.0 Å². The topological polar surface area (TPSA) is 36.9 Å². The first-order valence-electron chi connectivity index (χ1n) is 12.6. The summed E-state index contributed by atoms with van der Waals surface area (Å²) < 4.78 is 187. The Morgan fingerprint density at radius 2 is 0.725 bits per heavy atom. The molecule has 0 spiro atoms. The van der Waals surface area contributed by atoms with E-state index in [1.807, 2.05) is 0 Å². The quantitative estimate of drug-likeness (QED) is 0.211. The third-order valence-corrected chi connectivity index (χ3v) is 6.92. The van der Waals surface area contributed by atoms with E-state index in [4.69, 9.17) is 9.47 Å². The van der Waals surface area contributed by atoms with Crippen LogP contribution < -0.4 is 0 Å². The van der Waals surface area contributed by atoms with E-state index in [2.05, 4.69) is 9.47 Å². The van der Waals surface area contributed by atoms with Crippen molar-refractivity contribution in [3.8, 4) is 0 Å². The van der Waals surface area contributed by atoms with Gasteiger partial charge in [-0.05, 0) is 50.4 Å². The van der Waals surface area contributed by atoms with Gasteiger partial charge in [0.15, 0.2) is 0 Å². The number of hydrogen-bond acceptors (Lipinski definition) is 4. The molecule has 0 unspecified atom stereocenters. The smallest absolute Gasteiger partial charge is 0.387 e. The lowest BCUT2D eigenvalue weighted by molar-refractivity contribution is -0.277. The molecule has 3 rings (SSSR count). The summed E-state index contributed by atoms with van der Waals surface area (Å²) in [7, 11) is 0. The molecule has 0 N–H and O–H groups in total. The Labute approximate surface area is 221 Å². The van der Waals surface area contributed by atoms with Crippen molar-refractivity contribution in [1.29, 1.82) is 0 Å². The zero-order valence-corrected chi connectivity index (χ0v) is 21.4. The van der Waals surface area contributed by atoms with Gasteiger partial charge in [0.05, 0.1) is 26.4 Å². The molecule has 232 valence electrons. The molecule has 1 fully saturated rings. The van der Waals surface area contributed by atoms with Crippen LogP contribution in [0.4, 0.5) is 52.7 Å². The minimum Gasteiger partial charge on any atom is -0.488 e. The van der Waals surface area contributed by atoms with Crippen molar-refractivity contribution in [3.63, 3.8) is 0 Å². The van der Waals surface area contributed by atoms with E-state index >= 15 is 0 Å². The van der Waals surface area contributed by atoms with Gasteiger partial charge in [0, 0.05) is 0 Å². The van der Waals surface area contributed by atoms with E-state index in [1.165, 1.54) is 13.8 Å². The second kappa shape index (κ2) is 10.9. The average molecular weight is 608 g/mol. The fraction of sp³-hybridized carbons (Fsp3) is 0.833. The van der Waals surface area contributed by atoms with Crippen LogP contribution in [0.3, 0.4) is 0 Å².